The Morgan fingerprint density at radius 3 is 2.55 bits per heavy atom. The standard InChI is InChI=1S/C25H33NO7/c1-24-10-15(27)20-18(14(24)6-7-16(24)28)21(29)22(30)19-13(11-26-8-4-5-9-26)23(31)33-17(12-32-3)25(19,20)2/h11,14-17,27-28,30H,4-10,12H2,1-3H3. The second-order valence-corrected chi connectivity index (χ2v) is 10.6. The molecule has 0 aromatic rings. The van der Waals surface area contributed by atoms with Crippen molar-refractivity contribution in [1.29, 1.82) is 0 Å². The maximum absolute atomic E-state index is 13.7. The van der Waals surface area contributed by atoms with Crippen molar-refractivity contribution in [2.45, 2.75) is 64.3 Å². The number of rotatable bonds is 3. The molecule has 2 saturated heterocycles. The van der Waals surface area contributed by atoms with E-state index >= 15 is 0 Å². The number of hydrogen-bond acceptors (Lipinski definition) is 8. The van der Waals surface area contributed by atoms with Crippen LogP contribution in [0.2, 0.25) is 0 Å². The number of likely N-dealkylation sites (tertiary alicyclic amines) is 1. The molecule has 1 saturated carbocycles. The van der Waals surface area contributed by atoms with Crippen molar-refractivity contribution in [2.24, 2.45) is 16.7 Å². The Balaban J connectivity index is 1.73. The summed E-state index contributed by atoms with van der Waals surface area (Å²) in [6.45, 7) is 5.35. The lowest BCUT2D eigenvalue weighted by Gasteiger charge is -2.53. The van der Waals surface area contributed by atoms with Crippen molar-refractivity contribution in [2.75, 3.05) is 26.8 Å². The topological polar surface area (TPSA) is 117 Å². The first-order valence-electron chi connectivity index (χ1n) is 11.9. The van der Waals surface area contributed by atoms with Gasteiger partial charge in [-0.3, -0.25) is 4.79 Å². The van der Waals surface area contributed by atoms with Gasteiger partial charge in [-0.15, -0.1) is 0 Å². The number of fused-ring (bicyclic) bond motifs is 4. The molecule has 6 unspecified atom stereocenters. The lowest BCUT2D eigenvalue weighted by molar-refractivity contribution is -0.157. The molecule has 5 aliphatic rings. The van der Waals surface area contributed by atoms with E-state index in [1.54, 1.807) is 6.20 Å². The van der Waals surface area contributed by atoms with E-state index in [-0.39, 0.29) is 23.7 Å². The molecule has 180 valence electrons. The van der Waals surface area contributed by atoms with Gasteiger partial charge in [-0.05, 0) is 50.5 Å². The normalized spacial score (nSPS) is 42.0. The number of methoxy groups -OCH3 is 1. The van der Waals surface area contributed by atoms with E-state index in [4.69, 9.17) is 9.47 Å². The van der Waals surface area contributed by atoms with E-state index in [1.807, 2.05) is 18.7 Å². The third-order valence-corrected chi connectivity index (χ3v) is 8.82. The van der Waals surface area contributed by atoms with Crippen LogP contribution in [0.3, 0.4) is 0 Å². The third-order valence-electron chi connectivity index (χ3n) is 8.82. The van der Waals surface area contributed by atoms with Crippen LogP contribution in [0.25, 0.3) is 0 Å². The van der Waals surface area contributed by atoms with Gasteiger partial charge in [0.25, 0.3) is 0 Å². The van der Waals surface area contributed by atoms with Crippen LogP contribution in [-0.2, 0) is 19.1 Å². The number of aliphatic hydroxyl groups is 3. The highest BCUT2D eigenvalue weighted by Gasteiger charge is 2.63. The maximum atomic E-state index is 13.7. The lowest BCUT2D eigenvalue weighted by atomic mass is 9.53. The second kappa shape index (κ2) is 7.68. The molecule has 0 radical (unpaired) electrons. The van der Waals surface area contributed by atoms with Crippen molar-refractivity contribution in [3.05, 3.63) is 34.3 Å². The van der Waals surface area contributed by atoms with Gasteiger partial charge in [-0.25, -0.2) is 4.79 Å². The molecule has 8 nitrogen and oxygen atoms in total. The van der Waals surface area contributed by atoms with E-state index in [1.165, 1.54) is 7.11 Å². The Labute approximate surface area is 193 Å². The molecule has 3 aliphatic carbocycles. The van der Waals surface area contributed by atoms with Gasteiger partial charge in [-0.1, -0.05) is 6.92 Å². The van der Waals surface area contributed by atoms with Crippen molar-refractivity contribution in [1.82, 2.24) is 4.90 Å². The summed E-state index contributed by atoms with van der Waals surface area (Å²) in [5.41, 5.74) is -0.529. The van der Waals surface area contributed by atoms with Gasteiger partial charge in [-0.2, -0.15) is 0 Å². The van der Waals surface area contributed by atoms with Crippen LogP contribution in [0, 0.1) is 16.7 Å². The number of Topliss-reactive ketones (excluding diaryl/α,β-unsaturated/α-hetero) is 1. The first-order chi connectivity index (χ1) is 15.6. The summed E-state index contributed by atoms with van der Waals surface area (Å²) in [6.07, 6.45) is 2.66. The molecule has 6 atom stereocenters. The molecule has 33 heavy (non-hydrogen) atoms. The highest BCUT2D eigenvalue weighted by molar-refractivity contribution is 6.13. The Morgan fingerprint density at radius 1 is 1.18 bits per heavy atom. The van der Waals surface area contributed by atoms with Gasteiger partial charge in [0.05, 0.1) is 29.8 Å². The van der Waals surface area contributed by atoms with Crippen LogP contribution < -0.4 is 0 Å². The minimum atomic E-state index is -1.13. The zero-order valence-electron chi connectivity index (χ0n) is 19.5. The Kier molecular flexibility index (Phi) is 5.27. The smallest absolute Gasteiger partial charge is 0.340 e. The molecular formula is C25H33NO7. The summed E-state index contributed by atoms with van der Waals surface area (Å²) < 4.78 is 11.2. The van der Waals surface area contributed by atoms with Gasteiger partial charge in [0, 0.05) is 43.0 Å². The van der Waals surface area contributed by atoms with Crippen LogP contribution in [0.1, 0.15) is 46.0 Å². The fourth-order valence-corrected chi connectivity index (χ4v) is 7.06. The third kappa shape index (κ3) is 3.00. The molecule has 0 aromatic heterocycles. The average molecular weight is 460 g/mol. The van der Waals surface area contributed by atoms with Gasteiger partial charge in [0.15, 0.2) is 5.76 Å². The van der Waals surface area contributed by atoms with Crippen LogP contribution in [0.5, 0.6) is 0 Å². The van der Waals surface area contributed by atoms with Crippen molar-refractivity contribution < 1.29 is 34.4 Å². The fraction of sp³-hybridized carbons (Fsp3) is 0.680. The van der Waals surface area contributed by atoms with Crippen molar-refractivity contribution in [3.8, 4) is 0 Å². The summed E-state index contributed by atoms with van der Waals surface area (Å²) in [5, 5.41) is 33.4. The van der Waals surface area contributed by atoms with E-state index < -0.39 is 46.7 Å². The monoisotopic (exact) mass is 459 g/mol. The molecule has 5 rings (SSSR count). The number of aliphatic hydroxyl groups excluding tert-OH is 3. The molecule has 0 aromatic carbocycles. The largest absolute Gasteiger partial charge is 0.504 e. The fourth-order valence-electron chi connectivity index (χ4n) is 7.06. The molecule has 3 fully saturated rings. The highest BCUT2D eigenvalue weighted by Crippen LogP contribution is 2.62. The van der Waals surface area contributed by atoms with Crippen molar-refractivity contribution >= 4 is 11.8 Å². The summed E-state index contributed by atoms with van der Waals surface area (Å²) in [4.78, 5) is 28.8. The zero-order chi connectivity index (χ0) is 23.7. The predicted octanol–water partition coefficient (Wildman–Crippen LogP) is 1.78. The first-order valence-corrected chi connectivity index (χ1v) is 11.9. The van der Waals surface area contributed by atoms with E-state index in [9.17, 15) is 24.9 Å². The average Bonchev–Trinajstić information content (AvgIpc) is 3.37. The molecule has 8 heteroatoms. The van der Waals surface area contributed by atoms with Gasteiger partial charge >= 0.3 is 5.97 Å². The summed E-state index contributed by atoms with van der Waals surface area (Å²) >= 11 is 0. The molecule has 2 aliphatic heterocycles. The number of ether oxygens (including phenoxy) is 2. The lowest BCUT2D eigenvalue weighted by Crippen LogP contribution is -2.56. The van der Waals surface area contributed by atoms with Crippen LogP contribution in [-0.4, -0.2) is 77.1 Å². The van der Waals surface area contributed by atoms with E-state index in [2.05, 4.69) is 0 Å². The second-order valence-electron chi connectivity index (χ2n) is 10.6. The summed E-state index contributed by atoms with van der Waals surface area (Å²) in [5.74, 6) is -1.91. The Hall–Kier alpha value is -2.16. The molecule has 2 heterocycles. The van der Waals surface area contributed by atoms with Crippen LogP contribution in [0.4, 0.5) is 0 Å². The molecule has 0 amide bonds. The number of ketones is 1. The predicted molar refractivity (Wildman–Crippen MR) is 118 cm³/mol. The van der Waals surface area contributed by atoms with E-state index in [0.717, 1.165) is 25.9 Å². The van der Waals surface area contributed by atoms with Gasteiger partial charge in [0.1, 0.15) is 6.10 Å². The number of cyclic esters (lactones) is 1. The quantitative estimate of drug-likeness (QED) is 0.432. The summed E-state index contributed by atoms with van der Waals surface area (Å²) in [7, 11) is 1.50. The Morgan fingerprint density at radius 2 is 1.88 bits per heavy atom. The maximum Gasteiger partial charge on any atom is 0.340 e. The van der Waals surface area contributed by atoms with Crippen LogP contribution >= 0.6 is 0 Å². The number of esters is 1. The molecule has 0 bridgehead atoms. The van der Waals surface area contributed by atoms with Gasteiger partial charge < -0.3 is 29.7 Å². The highest BCUT2D eigenvalue weighted by atomic mass is 16.6. The minimum absolute atomic E-state index is 0.0538. The van der Waals surface area contributed by atoms with Gasteiger partial charge in [0.2, 0.25) is 5.78 Å². The number of nitrogens with zero attached hydrogens (tertiary/aromatic N) is 1. The number of allylic oxidation sites excluding steroid dienone is 1. The van der Waals surface area contributed by atoms with Crippen molar-refractivity contribution in [3.63, 3.8) is 0 Å². The van der Waals surface area contributed by atoms with Crippen LogP contribution in [0.15, 0.2) is 34.3 Å². The zero-order valence-corrected chi connectivity index (χ0v) is 19.5. The number of carbonyl (C=O) groups excluding carboxylic acids is 2. The molecule has 0 spiro atoms. The Bertz CT molecular complexity index is 991. The molecular weight excluding hydrogens is 426 g/mol. The number of hydrogen-bond donors (Lipinski definition) is 3. The minimum Gasteiger partial charge on any atom is -0.504 e. The van der Waals surface area contributed by atoms with E-state index in [0.29, 0.717) is 30.4 Å². The first kappa shape index (κ1) is 22.6. The summed E-state index contributed by atoms with van der Waals surface area (Å²) in [6, 6.07) is 0. The number of carbonyl (C=O) groups is 2. The SMILES string of the molecule is COCC1OC(=O)C(=CN2CCCC2)C2=C(O)C(=O)C3=C(C(O)CC4(C)C(O)CCC34)C21C. The molecule has 3 N–H and O–H groups in total.